The van der Waals surface area contributed by atoms with Gasteiger partial charge in [0.25, 0.3) is 0 Å². The Bertz CT molecular complexity index is 2290. The maximum Gasteiger partial charge on any atom is 0.159 e. The lowest BCUT2D eigenvalue weighted by Crippen LogP contribution is -1.90. The van der Waals surface area contributed by atoms with Gasteiger partial charge in [0, 0.05) is 50.3 Å². The van der Waals surface area contributed by atoms with Crippen molar-refractivity contribution in [3.63, 3.8) is 0 Å². The molecule has 4 aromatic heterocycles. The van der Waals surface area contributed by atoms with Gasteiger partial charge < -0.3 is 13.4 Å². The van der Waals surface area contributed by atoms with Gasteiger partial charge in [0.05, 0.1) is 22.1 Å². The molecule has 0 N–H and O–H groups in total. The highest BCUT2D eigenvalue weighted by Crippen LogP contribution is 2.46. The molecule has 158 valence electrons. The summed E-state index contributed by atoms with van der Waals surface area (Å²) in [6.07, 6.45) is 0. The summed E-state index contributed by atoms with van der Waals surface area (Å²) in [4.78, 5) is 0. The van der Waals surface area contributed by atoms with Crippen LogP contribution in [0.3, 0.4) is 0 Å². The number of aromatic nitrogens is 2. The summed E-state index contributed by atoms with van der Waals surface area (Å²) in [6, 6.07) is 32.9. The van der Waals surface area contributed by atoms with E-state index in [4.69, 9.17) is 4.42 Å². The van der Waals surface area contributed by atoms with Crippen LogP contribution in [0.2, 0.25) is 0 Å². The molecule has 0 spiro atoms. The van der Waals surface area contributed by atoms with E-state index >= 15 is 0 Å². The van der Waals surface area contributed by atoms with Gasteiger partial charge in [-0.25, -0.2) is 0 Å². The molecule has 0 atom stereocenters. The minimum atomic E-state index is 0.932. The van der Waals surface area contributed by atoms with Crippen molar-refractivity contribution in [2.24, 2.45) is 7.05 Å². The number of fused-ring (bicyclic) bond motifs is 9. The molecular formula is C31H18N2O. The average Bonchev–Trinajstić information content (AvgIpc) is 3.49. The van der Waals surface area contributed by atoms with Crippen LogP contribution >= 0.6 is 0 Å². The molecular weight excluding hydrogens is 416 g/mol. The first-order chi connectivity index (χ1) is 16.8. The minimum Gasteiger partial charge on any atom is -0.454 e. The molecule has 3 heteroatoms. The highest BCUT2D eigenvalue weighted by Gasteiger charge is 2.23. The number of para-hydroxylation sites is 3. The maximum absolute atomic E-state index is 6.52. The van der Waals surface area contributed by atoms with Crippen LogP contribution in [-0.2, 0) is 7.05 Å². The Morgan fingerprint density at radius 2 is 1.21 bits per heavy atom. The molecule has 0 aliphatic heterocycles. The number of nitrogens with zero attached hydrogens (tertiary/aromatic N) is 2. The van der Waals surface area contributed by atoms with Crippen molar-refractivity contribution in [2.45, 2.75) is 0 Å². The summed E-state index contributed by atoms with van der Waals surface area (Å²) in [6.45, 7) is 0. The Kier molecular flexibility index (Phi) is 2.77. The monoisotopic (exact) mass is 434 g/mol. The zero-order valence-electron chi connectivity index (χ0n) is 18.5. The van der Waals surface area contributed by atoms with E-state index in [0.717, 1.165) is 27.5 Å². The number of hydrogen-bond donors (Lipinski definition) is 0. The van der Waals surface area contributed by atoms with Gasteiger partial charge in [0.1, 0.15) is 5.58 Å². The number of benzene rings is 5. The molecule has 0 bridgehead atoms. The highest BCUT2D eigenvalue weighted by atomic mass is 16.3. The van der Waals surface area contributed by atoms with Gasteiger partial charge in [0.15, 0.2) is 5.58 Å². The summed E-state index contributed by atoms with van der Waals surface area (Å²) in [5.41, 5.74) is 8.03. The lowest BCUT2D eigenvalue weighted by molar-refractivity contribution is 0.670. The number of hydrogen-bond acceptors (Lipinski definition) is 1. The van der Waals surface area contributed by atoms with E-state index in [0.29, 0.717) is 0 Å². The average molecular weight is 434 g/mol. The molecule has 0 aliphatic rings. The molecule has 0 aliphatic carbocycles. The Balaban J connectivity index is 1.79. The number of furan rings is 1. The highest BCUT2D eigenvalue weighted by molar-refractivity contribution is 6.34. The van der Waals surface area contributed by atoms with E-state index in [1.54, 1.807) is 0 Å². The lowest BCUT2D eigenvalue weighted by Gasteiger charge is -2.05. The van der Waals surface area contributed by atoms with Crippen LogP contribution in [0.15, 0.2) is 95.4 Å². The van der Waals surface area contributed by atoms with Gasteiger partial charge >= 0.3 is 0 Å². The Hall–Kier alpha value is -4.50. The van der Waals surface area contributed by atoms with Gasteiger partial charge in [-0.2, -0.15) is 0 Å². The van der Waals surface area contributed by atoms with Crippen LogP contribution in [0, 0.1) is 0 Å². The largest absolute Gasteiger partial charge is 0.454 e. The first-order valence-corrected chi connectivity index (χ1v) is 11.7. The first-order valence-electron chi connectivity index (χ1n) is 11.7. The molecule has 0 saturated carbocycles. The summed E-state index contributed by atoms with van der Waals surface area (Å²) in [7, 11) is 2.17. The predicted molar refractivity (Wildman–Crippen MR) is 142 cm³/mol. The Labute approximate surface area is 193 Å². The third-order valence-electron chi connectivity index (χ3n) is 7.84. The zero-order chi connectivity index (χ0) is 22.1. The number of rotatable bonds is 0. The van der Waals surface area contributed by atoms with E-state index in [1.807, 2.05) is 6.07 Å². The van der Waals surface area contributed by atoms with Crippen molar-refractivity contribution in [1.82, 2.24) is 8.97 Å². The van der Waals surface area contributed by atoms with Crippen molar-refractivity contribution in [3.8, 4) is 0 Å². The third-order valence-corrected chi connectivity index (χ3v) is 7.84. The molecule has 9 rings (SSSR count). The van der Waals surface area contributed by atoms with Gasteiger partial charge in [-0.3, -0.25) is 0 Å². The third kappa shape index (κ3) is 1.74. The molecule has 34 heavy (non-hydrogen) atoms. The van der Waals surface area contributed by atoms with E-state index in [1.165, 1.54) is 54.4 Å². The predicted octanol–water partition coefficient (Wildman–Crippen LogP) is 8.38. The summed E-state index contributed by atoms with van der Waals surface area (Å²) >= 11 is 0. The second-order valence-corrected chi connectivity index (χ2v) is 9.41. The van der Waals surface area contributed by atoms with Crippen LogP contribution < -0.4 is 0 Å². The van der Waals surface area contributed by atoms with Crippen LogP contribution in [0.4, 0.5) is 0 Å². The second kappa shape index (κ2) is 5.52. The van der Waals surface area contributed by atoms with Gasteiger partial charge in [-0.1, -0.05) is 66.7 Å². The van der Waals surface area contributed by atoms with E-state index in [9.17, 15) is 0 Å². The molecule has 4 heterocycles. The zero-order valence-corrected chi connectivity index (χ0v) is 18.5. The van der Waals surface area contributed by atoms with Gasteiger partial charge in [-0.05, 0) is 29.7 Å². The summed E-state index contributed by atoms with van der Waals surface area (Å²) in [5, 5.41) is 10.0. The summed E-state index contributed by atoms with van der Waals surface area (Å²) < 4.78 is 11.3. The SMILES string of the molecule is Cn1c2cccc3c4cccc5c6ccccc6n(c6cc7c8ccccc8oc7c1c6c32)c45. The quantitative estimate of drug-likeness (QED) is 0.235. The fourth-order valence-electron chi connectivity index (χ4n) is 6.48. The fraction of sp³-hybridized carbons (Fsp3) is 0.0323. The van der Waals surface area contributed by atoms with Crippen molar-refractivity contribution in [2.75, 3.05) is 0 Å². The van der Waals surface area contributed by atoms with Gasteiger partial charge in [-0.15, -0.1) is 0 Å². The fourth-order valence-corrected chi connectivity index (χ4v) is 6.48. The Morgan fingerprint density at radius 3 is 2.12 bits per heavy atom. The van der Waals surface area contributed by atoms with E-state index in [-0.39, 0.29) is 0 Å². The van der Waals surface area contributed by atoms with Crippen LogP contribution in [0.25, 0.3) is 81.8 Å². The van der Waals surface area contributed by atoms with Crippen molar-refractivity contribution in [3.05, 3.63) is 91.0 Å². The Morgan fingerprint density at radius 1 is 0.529 bits per heavy atom. The van der Waals surface area contributed by atoms with Crippen LogP contribution in [-0.4, -0.2) is 8.97 Å². The molecule has 0 amide bonds. The standard InChI is InChI=1S/C31H18N2O/c1-32-24-14-7-10-19-21-12-6-11-20-17-8-2-4-13-23(17)33(29(20)21)25-16-22-18-9-3-5-15-26(18)34-31(22)30(32)28(25)27(19)24/h2-16H,1H3. The molecule has 5 aromatic carbocycles. The lowest BCUT2D eigenvalue weighted by atomic mass is 10.0. The van der Waals surface area contributed by atoms with E-state index < -0.39 is 0 Å². The summed E-state index contributed by atoms with van der Waals surface area (Å²) in [5.74, 6) is 0. The number of aryl methyl sites for hydroxylation is 1. The van der Waals surface area contributed by atoms with Crippen LogP contribution in [0.1, 0.15) is 0 Å². The second-order valence-electron chi connectivity index (χ2n) is 9.41. The van der Waals surface area contributed by atoms with Crippen molar-refractivity contribution < 1.29 is 4.42 Å². The molecule has 0 saturated heterocycles. The maximum atomic E-state index is 6.52. The van der Waals surface area contributed by atoms with Gasteiger partial charge in [0.2, 0.25) is 0 Å². The topological polar surface area (TPSA) is 22.5 Å². The van der Waals surface area contributed by atoms with Crippen molar-refractivity contribution in [1.29, 1.82) is 0 Å². The smallest absolute Gasteiger partial charge is 0.159 e. The molecule has 0 fully saturated rings. The van der Waals surface area contributed by atoms with Crippen molar-refractivity contribution >= 4 is 81.8 Å². The molecule has 0 radical (unpaired) electrons. The normalized spacial score (nSPS) is 12.9. The molecule has 9 aromatic rings. The van der Waals surface area contributed by atoms with Crippen LogP contribution in [0.5, 0.6) is 0 Å². The van der Waals surface area contributed by atoms with E-state index in [2.05, 4.69) is 101 Å². The minimum absolute atomic E-state index is 0.932. The molecule has 0 unspecified atom stereocenters. The molecule has 3 nitrogen and oxygen atoms in total. The first kappa shape index (κ1) is 17.0.